The average molecular weight is 309 g/mol. The number of allylic oxidation sites excluding steroid dienone is 8. The highest BCUT2D eigenvalue weighted by molar-refractivity contribution is 5.27. The first kappa shape index (κ1) is 15.5. The smallest absolute Gasteiger partial charge is 0.0106 e. The van der Waals surface area contributed by atoms with Gasteiger partial charge < -0.3 is 0 Å². The van der Waals surface area contributed by atoms with E-state index in [9.17, 15) is 0 Å². The summed E-state index contributed by atoms with van der Waals surface area (Å²) in [6.07, 6.45) is 20.5. The van der Waals surface area contributed by atoms with Gasteiger partial charge in [0.2, 0.25) is 0 Å². The fraction of sp³-hybridized carbons (Fsp3) is 0.652. The van der Waals surface area contributed by atoms with Crippen molar-refractivity contribution in [1.82, 2.24) is 0 Å². The second kappa shape index (κ2) is 5.50. The minimum Gasteiger partial charge on any atom is -0.0850 e. The van der Waals surface area contributed by atoms with Gasteiger partial charge in [-0.25, -0.2) is 0 Å². The predicted molar refractivity (Wildman–Crippen MR) is 98.9 cm³/mol. The van der Waals surface area contributed by atoms with Crippen LogP contribution in [0, 0.1) is 47.3 Å². The minimum atomic E-state index is 0. The molecule has 0 radical (unpaired) electrons. The van der Waals surface area contributed by atoms with E-state index >= 15 is 0 Å². The summed E-state index contributed by atoms with van der Waals surface area (Å²) in [7, 11) is 0. The molecule has 4 bridgehead atoms. The maximum Gasteiger partial charge on any atom is -0.0106 e. The molecule has 6 rings (SSSR count). The summed E-state index contributed by atoms with van der Waals surface area (Å²) >= 11 is 0. The van der Waals surface area contributed by atoms with E-state index in [0.717, 1.165) is 47.3 Å². The lowest BCUT2D eigenvalue weighted by Gasteiger charge is -2.21. The number of hydrogen-bond donors (Lipinski definition) is 0. The van der Waals surface area contributed by atoms with Crippen molar-refractivity contribution in [2.45, 2.75) is 47.0 Å². The Balaban J connectivity index is 0.000000113. The van der Waals surface area contributed by atoms with Crippen molar-refractivity contribution in [3.63, 3.8) is 0 Å². The van der Waals surface area contributed by atoms with Crippen molar-refractivity contribution < 1.29 is 0 Å². The summed E-state index contributed by atoms with van der Waals surface area (Å²) in [6, 6.07) is 0. The molecule has 0 N–H and O–H groups in total. The summed E-state index contributed by atoms with van der Waals surface area (Å²) in [5.74, 6) is 7.62. The van der Waals surface area contributed by atoms with Gasteiger partial charge in [0.05, 0.1) is 0 Å². The van der Waals surface area contributed by atoms with Gasteiger partial charge in [-0.05, 0) is 86.9 Å². The van der Waals surface area contributed by atoms with Crippen LogP contribution in [0.1, 0.15) is 47.0 Å². The highest BCUT2D eigenvalue weighted by Gasteiger charge is 2.46. The van der Waals surface area contributed by atoms with Gasteiger partial charge in [0.15, 0.2) is 0 Å². The first-order chi connectivity index (χ1) is 10.7. The van der Waals surface area contributed by atoms with Crippen molar-refractivity contribution >= 4 is 0 Å². The fourth-order valence-corrected chi connectivity index (χ4v) is 6.65. The first-order valence-electron chi connectivity index (χ1n) is 9.41. The normalized spacial score (nSPS) is 49.3. The van der Waals surface area contributed by atoms with E-state index in [1.165, 1.54) is 25.7 Å². The summed E-state index contributed by atoms with van der Waals surface area (Å²) in [4.78, 5) is 0. The second-order valence-electron chi connectivity index (χ2n) is 8.73. The van der Waals surface area contributed by atoms with Crippen molar-refractivity contribution in [1.29, 1.82) is 0 Å². The standard InChI is InChI=1S/2C11H14.CH4/c1-7-2-5-10-8-3-4-9(6-8)11(7)10;1-7-4-10-8-2-3-9(6-8)11(10)5-7;/h2*2-4,8-11H,5-6H2,1H3;1H4. The monoisotopic (exact) mass is 308 g/mol. The van der Waals surface area contributed by atoms with Gasteiger partial charge in [-0.15, -0.1) is 0 Å². The van der Waals surface area contributed by atoms with Gasteiger partial charge in [0, 0.05) is 0 Å². The van der Waals surface area contributed by atoms with Crippen molar-refractivity contribution in [3.05, 3.63) is 47.6 Å². The molecule has 23 heavy (non-hydrogen) atoms. The van der Waals surface area contributed by atoms with Gasteiger partial charge in [-0.2, -0.15) is 0 Å². The van der Waals surface area contributed by atoms with Crippen molar-refractivity contribution in [2.75, 3.05) is 0 Å². The van der Waals surface area contributed by atoms with Crippen LogP contribution < -0.4 is 0 Å². The first-order valence-corrected chi connectivity index (χ1v) is 9.41. The molecule has 6 aliphatic carbocycles. The molecular formula is C23H32. The highest BCUT2D eigenvalue weighted by Crippen LogP contribution is 2.55. The van der Waals surface area contributed by atoms with Crippen LogP contribution >= 0.6 is 0 Å². The largest absolute Gasteiger partial charge is 0.0850 e. The molecule has 0 aromatic carbocycles. The molecule has 0 aromatic rings. The van der Waals surface area contributed by atoms with Gasteiger partial charge in [0.25, 0.3) is 0 Å². The zero-order valence-corrected chi connectivity index (χ0v) is 13.9. The Bertz CT molecular complexity index is 602. The quantitative estimate of drug-likeness (QED) is 0.468. The van der Waals surface area contributed by atoms with Crippen LogP contribution in [-0.2, 0) is 0 Å². The van der Waals surface area contributed by atoms with E-state index in [4.69, 9.17) is 0 Å². The molecule has 0 amide bonds. The lowest BCUT2D eigenvalue weighted by molar-refractivity contribution is 0.385. The molecule has 0 aromatic heterocycles. The number of hydrogen-bond acceptors (Lipinski definition) is 0. The molecule has 8 unspecified atom stereocenters. The zero-order chi connectivity index (χ0) is 14.8. The Morgan fingerprint density at radius 1 is 0.826 bits per heavy atom. The molecular weight excluding hydrogens is 276 g/mol. The lowest BCUT2D eigenvalue weighted by atomic mass is 9.83. The fourth-order valence-electron chi connectivity index (χ4n) is 6.65. The number of fused-ring (bicyclic) bond motifs is 10. The van der Waals surface area contributed by atoms with Crippen LogP contribution in [-0.4, -0.2) is 0 Å². The zero-order valence-electron chi connectivity index (χ0n) is 13.9. The molecule has 124 valence electrons. The van der Waals surface area contributed by atoms with E-state index < -0.39 is 0 Å². The molecule has 0 spiro atoms. The van der Waals surface area contributed by atoms with Gasteiger partial charge in [-0.3, -0.25) is 0 Å². The Kier molecular flexibility index (Phi) is 3.70. The Labute approximate surface area is 142 Å². The van der Waals surface area contributed by atoms with E-state index in [0.29, 0.717) is 0 Å². The average Bonchev–Trinajstić information content (AvgIpc) is 3.28. The molecule has 8 atom stereocenters. The summed E-state index contributed by atoms with van der Waals surface area (Å²) in [5.41, 5.74) is 3.31. The van der Waals surface area contributed by atoms with Crippen LogP contribution in [0.25, 0.3) is 0 Å². The second-order valence-corrected chi connectivity index (χ2v) is 8.73. The van der Waals surface area contributed by atoms with Gasteiger partial charge in [-0.1, -0.05) is 55.0 Å². The maximum absolute atomic E-state index is 2.53. The maximum atomic E-state index is 2.53. The Morgan fingerprint density at radius 2 is 1.48 bits per heavy atom. The summed E-state index contributed by atoms with van der Waals surface area (Å²) < 4.78 is 0. The van der Waals surface area contributed by atoms with E-state index in [1.54, 1.807) is 11.1 Å². The van der Waals surface area contributed by atoms with Crippen LogP contribution in [0.15, 0.2) is 47.6 Å². The molecule has 0 saturated heterocycles. The molecule has 2 saturated carbocycles. The van der Waals surface area contributed by atoms with Gasteiger partial charge >= 0.3 is 0 Å². The molecule has 0 aliphatic heterocycles. The molecule has 0 heterocycles. The molecule has 0 nitrogen and oxygen atoms in total. The third-order valence-electron chi connectivity index (χ3n) is 7.58. The molecule has 2 fully saturated rings. The van der Waals surface area contributed by atoms with Crippen LogP contribution in [0.3, 0.4) is 0 Å². The summed E-state index contributed by atoms with van der Waals surface area (Å²) in [6.45, 7) is 4.61. The third-order valence-corrected chi connectivity index (χ3v) is 7.58. The Hall–Kier alpha value is -1.04. The van der Waals surface area contributed by atoms with Gasteiger partial charge in [0.1, 0.15) is 0 Å². The summed E-state index contributed by atoms with van der Waals surface area (Å²) in [5, 5.41) is 0. The van der Waals surface area contributed by atoms with Crippen LogP contribution in [0.5, 0.6) is 0 Å². The topological polar surface area (TPSA) is 0 Å². The van der Waals surface area contributed by atoms with Crippen molar-refractivity contribution in [2.24, 2.45) is 47.3 Å². The number of rotatable bonds is 0. The van der Waals surface area contributed by atoms with Crippen LogP contribution in [0.4, 0.5) is 0 Å². The third kappa shape index (κ3) is 2.24. The molecule has 0 heteroatoms. The SMILES string of the molecule is C.CC1=CC2C3C=CC(C3)C2C1.CC1=CCC2C3C=CC(C3)C12. The minimum absolute atomic E-state index is 0. The van der Waals surface area contributed by atoms with Crippen molar-refractivity contribution in [3.8, 4) is 0 Å². The van der Waals surface area contributed by atoms with E-state index in [2.05, 4.69) is 50.3 Å². The lowest BCUT2D eigenvalue weighted by Crippen LogP contribution is -2.15. The highest BCUT2D eigenvalue weighted by atomic mass is 14.5. The Morgan fingerprint density at radius 3 is 2.22 bits per heavy atom. The molecule has 6 aliphatic rings. The van der Waals surface area contributed by atoms with E-state index in [1.807, 2.05) is 0 Å². The van der Waals surface area contributed by atoms with E-state index in [-0.39, 0.29) is 7.43 Å². The van der Waals surface area contributed by atoms with Crippen LogP contribution in [0.2, 0.25) is 0 Å². The predicted octanol–water partition coefficient (Wildman–Crippen LogP) is 6.19.